The summed E-state index contributed by atoms with van der Waals surface area (Å²) in [4.78, 5) is 12.0. The first kappa shape index (κ1) is 16.0. The third kappa shape index (κ3) is 5.17. The maximum atomic E-state index is 12.0. The van der Waals surface area contributed by atoms with Crippen molar-refractivity contribution >= 4 is 37.8 Å². The molecular formula is C16H15Br2NO2. The number of rotatable bonds is 6. The van der Waals surface area contributed by atoms with Crippen molar-refractivity contribution in [3.63, 3.8) is 0 Å². The van der Waals surface area contributed by atoms with E-state index in [0.717, 1.165) is 21.1 Å². The molecule has 0 fully saturated rings. The first-order valence-electron chi connectivity index (χ1n) is 6.58. The van der Waals surface area contributed by atoms with E-state index >= 15 is 0 Å². The van der Waals surface area contributed by atoms with Crippen LogP contribution in [0.2, 0.25) is 0 Å². The quantitative estimate of drug-likeness (QED) is 0.713. The van der Waals surface area contributed by atoms with Crippen molar-refractivity contribution in [2.45, 2.75) is 6.42 Å². The van der Waals surface area contributed by atoms with Gasteiger partial charge in [0, 0.05) is 15.5 Å². The molecule has 0 aliphatic rings. The Morgan fingerprint density at radius 1 is 1.10 bits per heavy atom. The summed E-state index contributed by atoms with van der Waals surface area (Å²) in [5.41, 5.74) is 0.619. The van der Waals surface area contributed by atoms with Crippen LogP contribution in [0.4, 0.5) is 0 Å². The zero-order valence-electron chi connectivity index (χ0n) is 11.3. The van der Waals surface area contributed by atoms with Gasteiger partial charge in [0.05, 0.1) is 12.2 Å². The van der Waals surface area contributed by atoms with Gasteiger partial charge in [-0.25, -0.2) is 0 Å². The molecule has 0 bridgehead atoms. The van der Waals surface area contributed by atoms with Gasteiger partial charge in [-0.05, 0) is 52.7 Å². The van der Waals surface area contributed by atoms with Gasteiger partial charge in [0.25, 0.3) is 5.91 Å². The monoisotopic (exact) mass is 411 g/mol. The number of para-hydroxylation sites is 1. The third-order valence-electron chi connectivity index (χ3n) is 2.79. The number of carbonyl (C=O) groups excluding carboxylic acids is 1. The van der Waals surface area contributed by atoms with Gasteiger partial charge < -0.3 is 10.1 Å². The average Bonchev–Trinajstić information content (AvgIpc) is 2.50. The molecule has 5 heteroatoms. The Bertz CT molecular complexity index is 602. The average molecular weight is 413 g/mol. The smallest absolute Gasteiger partial charge is 0.252 e. The van der Waals surface area contributed by atoms with Gasteiger partial charge in [0.2, 0.25) is 0 Å². The van der Waals surface area contributed by atoms with Crippen LogP contribution in [0.15, 0.2) is 57.5 Å². The number of benzene rings is 2. The Morgan fingerprint density at radius 3 is 2.62 bits per heavy atom. The zero-order chi connectivity index (χ0) is 15.1. The highest BCUT2D eigenvalue weighted by Crippen LogP contribution is 2.21. The predicted molar refractivity (Wildman–Crippen MR) is 90.7 cm³/mol. The molecule has 2 aromatic carbocycles. The summed E-state index contributed by atoms with van der Waals surface area (Å²) in [5.74, 6) is 0.751. The highest BCUT2D eigenvalue weighted by molar-refractivity contribution is 9.11. The van der Waals surface area contributed by atoms with Gasteiger partial charge in [-0.15, -0.1) is 0 Å². The van der Waals surface area contributed by atoms with E-state index in [9.17, 15) is 4.79 Å². The first-order chi connectivity index (χ1) is 10.2. The Morgan fingerprint density at radius 2 is 1.86 bits per heavy atom. The largest absolute Gasteiger partial charge is 0.494 e. The molecule has 1 N–H and O–H groups in total. The Kier molecular flexibility index (Phi) is 6.26. The van der Waals surface area contributed by atoms with Crippen molar-refractivity contribution in [1.29, 1.82) is 0 Å². The maximum absolute atomic E-state index is 12.0. The molecule has 0 heterocycles. The zero-order valence-corrected chi connectivity index (χ0v) is 14.5. The standard InChI is InChI=1S/C16H15Br2NO2/c17-12-7-8-15(18)14(11-12)16(20)19-9-4-10-21-13-5-2-1-3-6-13/h1-3,5-8,11H,4,9-10H2,(H,19,20). The molecule has 2 aromatic rings. The molecule has 21 heavy (non-hydrogen) atoms. The highest BCUT2D eigenvalue weighted by atomic mass is 79.9. The van der Waals surface area contributed by atoms with E-state index < -0.39 is 0 Å². The summed E-state index contributed by atoms with van der Waals surface area (Å²) in [6.07, 6.45) is 0.756. The van der Waals surface area contributed by atoms with E-state index in [4.69, 9.17) is 4.74 Å². The minimum atomic E-state index is -0.0945. The van der Waals surface area contributed by atoms with Crippen LogP contribution in [0.1, 0.15) is 16.8 Å². The molecule has 2 rings (SSSR count). The minimum absolute atomic E-state index is 0.0945. The molecule has 0 aromatic heterocycles. The van der Waals surface area contributed by atoms with Gasteiger partial charge >= 0.3 is 0 Å². The van der Waals surface area contributed by atoms with Crippen molar-refractivity contribution < 1.29 is 9.53 Å². The van der Waals surface area contributed by atoms with Gasteiger partial charge in [0.1, 0.15) is 5.75 Å². The van der Waals surface area contributed by atoms with Crippen LogP contribution in [0.5, 0.6) is 5.75 Å². The molecule has 0 unspecified atom stereocenters. The van der Waals surface area contributed by atoms with E-state index in [1.165, 1.54) is 0 Å². The van der Waals surface area contributed by atoms with Crippen LogP contribution in [0.25, 0.3) is 0 Å². The van der Waals surface area contributed by atoms with Gasteiger partial charge in [0.15, 0.2) is 0 Å². The van der Waals surface area contributed by atoms with E-state index in [-0.39, 0.29) is 5.91 Å². The molecule has 1 amide bonds. The van der Waals surface area contributed by atoms with Crippen molar-refractivity contribution in [1.82, 2.24) is 5.32 Å². The van der Waals surface area contributed by atoms with Crippen LogP contribution in [-0.2, 0) is 0 Å². The van der Waals surface area contributed by atoms with Crippen molar-refractivity contribution in [2.24, 2.45) is 0 Å². The summed E-state index contributed by atoms with van der Waals surface area (Å²) < 4.78 is 7.23. The highest BCUT2D eigenvalue weighted by Gasteiger charge is 2.09. The minimum Gasteiger partial charge on any atom is -0.494 e. The lowest BCUT2D eigenvalue weighted by molar-refractivity contribution is 0.0950. The van der Waals surface area contributed by atoms with E-state index in [1.54, 1.807) is 6.07 Å². The number of nitrogens with one attached hydrogen (secondary N) is 1. The Labute approximate surface area is 141 Å². The maximum Gasteiger partial charge on any atom is 0.252 e. The Balaban J connectivity index is 1.73. The van der Waals surface area contributed by atoms with Crippen LogP contribution in [0, 0.1) is 0 Å². The lowest BCUT2D eigenvalue weighted by atomic mass is 10.2. The fourth-order valence-corrected chi connectivity index (χ4v) is 2.54. The second-order valence-electron chi connectivity index (χ2n) is 4.40. The van der Waals surface area contributed by atoms with Crippen LogP contribution in [0.3, 0.4) is 0 Å². The molecule has 0 atom stereocenters. The van der Waals surface area contributed by atoms with Gasteiger partial charge in [-0.2, -0.15) is 0 Å². The molecule has 0 saturated carbocycles. The SMILES string of the molecule is O=C(NCCCOc1ccccc1)c1cc(Br)ccc1Br. The van der Waals surface area contributed by atoms with Crippen molar-refractivity contribution in [3.8, 4) is 5.75 Å². The van der Waals surface area contributed by atoms with Crippen LogP contribution in [-0.4, -0.2) is 19.1 Å². The number of amides is 1. The normalized spacial score (nSPS) is 10.2. The molecule has 0 spiro atoms. The molecular weight excluding hydrogens is 398 g/mol. The van der Waals surface area contributed by atoms with Crippen molar-refractivity contribution in [2.75, 3.05) is 13.2 Å². The summed E-state index contributed by atoms with van der Waals surface area (Å²) in [5, 5.41) is 2.88. The molecule has 0 radical (unpaired) electrons. The predicted octanol–water partition coefficient (Wildman–Crippen LogP) is 4.41. The first-order valence-corrected chi connectivity index (χ1v) is 8.16. The Hall–Kier alpha value is -1.33. The summed E-state index contributed by atoms with van der Waals surface area (Å²) >= 11 is 6.74. The van der Waals surface area contributed by atoms with Gasteiger partial charge in [-0.1, -0.05) is 34.1 Å². The summed E-state index contributed by atoms with van der Waals surface area (Å²) in [6.45, 7) is 1.15. The number of carbonyl (C=O) groups is 1. The van der Waals surface area contributed by atoms with Crippen molar-refractivity contribution in [3.05, 3.63) is 63.0 Å². The van der Waals surface area contributed by atoms with E-state index in [0.29, 0.717) is 18.7 Å². The second kappa shape index (κ2) is 8.20. The number of hydrogen-bond donors (Lipinski definition) is 1. The number of ether oxygens (including phenoxy) is 1. The fourth-order valence-electron chi connectivity index (χ4n) is 1.75. The summed E-state index contributed by atoms with van der Waals surface area (Å²) in [7, 11) is 0. The lowest BCUT2D eigenvalue weighted by Gasteiger charge is -2.08. The molecule has 0 saturated heterocycles. The topological polar surface area (TPSA) is 38.3 Å². The summed E-state index contributed by atoms with van der Waals surface area (Å²) in [6, 6.07) is 15.2. The second-order valence-corrected chi connectivity index (χ2v) is 6.17. The molecule has 0 aliphatic heterocycles. The lowest BCUT2D eigenvalue weighted by Crippen LogP contribution is -2.25. The van der Waals surface area contributed by atoms with E-state index in [1.807, 2.05) is 42.5 Å². The van der Waals surface area contributed by atoms with Crippen LogP contribution < -0.4 is 10.1 Å². The fraction of sp³-hybridized carbons (Fsp3) is 0.188. The van der Waals surface area contributed by atoms with E-state index in [2.05, 4.69) is 37.2 Å². The molecule has 110 valence electrons. The third-order valence-corrected chi connectivity index (χ3v) is 3.98. The molecule has 0 aliphatic carbocycles. The number of halogens is 2. The number of hydrogen-bond acceptors (Lipinski definition) is 2. The van der Waals surface area contributed by atoms with Crippen LogP contribution >= 0.6 is 31.9 Å². The molecule has 3 nitrogen and oxygen atoms in total. The van der Waals surface area contributed by atoms with Gasteiger partial charge in [-0.3, -0.25) is 4.79 Å².